The van der Waals surface area contributed by atoms with Crippen LogP contribution in [0.3, 0.4) is 0 Å². The minimum atomic E-state index is -1.12. The zero-order chi connectivity index (χ0) is 18.9. The topological polar surface area (TPSA) is 58.6 Å². The summed E-state index contributed by atoms with van der Waals surface area (Å²) in [5.74, 6) is -0.0192. The predicted molar refractivity (Wildman–Crippen MR) is 95.2 cm³/mol. The molecule has 6 heteroatoms. The number of methoxy groups -OCH3 is 1. The van der Waals surface area contributed by atoms with Gasteiger partial charge in [-0.3, -0.25) is 9.69 Å². The molecule has 1 N–H and O–H groups in total. The Hall–Kier alpha value is -2.89. The van der Waals surface area contributed by atoms with Crippen molar-refractivity contribution >= 4 is 11.9 Å². The lowest BCUT2D eigenvalue weighted by atomic mass is 9.86. The van der Waals surface area contributed by atoms with E-state index in [1.54, 1.807) is 31.4 Å². The summed E-state index contributed by atoms with van der Waals surface area (Å²) in [4.78, 5) is 26.8. The van der Waals surface area contributed by atoms with Crippen molar-refractivity contribution in [1.29, 1.82) is 0 Å². The van der Waals surface area contributed by atoms with E-state index in [0.717, 1.165) is 10.5 Å². The Balaban J connectivity index is 1.95. The molecule has 0 aromatic heterocycles. The number of aryl methyl sites for hydroxylation is 1. The molecule has 3 amide bonds. The molecule has 26 heavy (non-hydrogen) atoms. The monoisotopic (exact) mass is 356 g/mol. The zero-order valence-electron chi connectivity index (χ0n) is 15.0. The minimum Gasteiger partial charge on any atom is -0.496 e. The third kappa shape index (κ3) is 2.92. The van der Waals surface area contributed by atoms with Crippen molar-refractivity contribution < 1.29 is 18.7 Å². The van der Waals surface area contributed by atoms with Gasteiger partial charge in [0.15, 0.2) is 0 Å². The van der Waals surface area contributed by atoms with Crippen LogP contribution in [0.25, 0.3) is 0 Å². The van der Waals surface area contributed by atoms with Gasteiger partial charge >= 0.3 is 6.03 Å². The number of rotatable bonds is 5. The number of benzene rings is 2. The second-order valence-corrected chi connectivity index (χ2v) is 6.39. The maximum Gasteiger partial charge on any atom is 0.325 e. The van der Waals surface area contributed by atoms with Crippen molar-refractivity contribution in [3.63, 3.8) is 0 Å². The van der Waals surface area contributed by atoms with Gasteiger partial charge in [0.2, 0.25) is 0 Å². The van der Waals surface area contributed by atoms with E-state index in [2.05, 4.69) is 5.32 Å². The average molecular weight is 356 g/mol. The quantitative estimate of drug-likeness (QED) is 0.834. The molecule has 1 atom stereocenters. The summed E-state index contributed by atoms with van der Waals surface area (Å²) in [6.45, 7) is 3.76. The predicted octanol–water partition coefficient (Wildman–Crippen LogP) is 3.50. The number of nitrogens with one attached hydrogen (secondary N) is 1. The van der Waals surface area contributed by atoms with Crippen molar-refractivity contribution in [3.05, 3.63) is 65.0 Å². The van der Waals surface area contributed by atoms with E-state index in [-0.39, 0.29) is 12.5 Å². The number of amides is 3. The maximum absolute atomic E-state index is 13.4. The molecule has 1 heterocycles. The third-order valence-electron chi connectivity index (χ3n) is 4.82. The molecule has 2 aromatic rings. The molecule has 0 spiro atoms. The summed E-state index contributed by atoms with van der Waals surface area (Å²) in [6.07, 6.45) is 0.406. The molecule has 1 aliphatic heterocycles. The van der Waals surface area contributed by atoms with Gasteiger partial charge in [-0.25, -0.2) is 9.18 Å². The average Bonchev–Trinajstić information content (AvgIpc) is 2.87. The fraction of sp³-hybridized carbons (Fsp3) is 0.300. The van der Waals surface area contributed by atoms with Gasteiger partial charge < -0.3 is 10.1 Å². The minimum absolute atomic E-state index is 0.0271. The van der Waals surface area contributed by atoms with Crippen molar-refractivity contribution in [1.82, 2.24) is 10.2 Å². The Morgan fingerprint density at radius 3 is 2.58 bits per heavy atom. The Morgan fingerprint density at radius 1 is 1.19 bits per heavy atom. The molecule has 1 fully saturated rings. The van der Waals surface area contributed by atoms with Crippen LogP contribution in [0.2, 0.25) is 0 Å². The number of hydrogen-bond acceptors (Lipinski definition) is 3. The lowest BCUT2D eigenvalue weighted by Gasteiger charge is -2.26. The number of carbonyl (C=O) groups is 2. The van der Waals surface area contributed by atoms with Crippen LogP contribution in [0, 0.1) is 12.7 Å². The van der Waals surface area contributed by atoms with Gasteiger partial charge in [-0.15, -0.1) is 0 Å². The van der Waals surface area contributed by atoms with Crippen LogP contribution < -0.4 is 10.1 Å². The summed E-state index contributed by atoms with van der Waals surface area (Å²) >= 11 is 0. The number of hydrogen-bond donors (Lipinski definition) is 1. The molecule has 2 aromatic carbocycles. The van der Waals surface area contributed by atoms with Crippen LogP contribution in [0.5, 0.6) is 5.75 Å². The Bertz CT molecular complexity index is 868. The molecule has 3 rings (SSSR count). The molecule has 0 bridgehead atoms. The fourth-order valence-electron chi connectivity index (χ4n) is 3.37. The lowest BCUT2D eigenvalue weighted by Crippen LogP contribution is -2.43. The molecule has 1 unspecified atom stereocenters. The van der Waals surface area contributed by atoms with Crippen molar-refractivity contribution in [2.45, 2.75) is 32.4 Å². The van der Waals surface area contributed by atoms with E-state index in [1.165, 1.54) is 12.1 Å². The standard InChI is InChI=1S/C20H21FN2O3/c1-4-20(15-8-9-17(26-3)13(2)10-15)18(24)23(19(25)22-20)12-14-6-5-7-16(21)11-14/h5-11H,4,12H2,1-3H3,(H,22,25). The normalized spacial score (nSPS) is 19.6. The molecule has 0 radical (unpaired) electrons. The third-order valence-corrected chi connectivity index (χ3v) is 4.82. The maximum atomic E-state index is 13.4. The number of imide groups is 1. The second kappa shape index (κ2) is 6.78. The number of nitrogens with zero attached hydrogens (tertiary/aromatic N) is 1. The highest BCUT2D eigenvalue weighted by atomic mass is 19.1. The molecular weight excluding hydrogens is 335 g/mol. The number of urea groups is 1. The highest BCUT2D eigenvalue weighted by molar-refractivity contribution is 6.07. The molecule has 1 saturated heterocycles. The van der Waals surface area contributed by atoms with Crippen LogP contribution >= 0.6 is 0 Å². The van der Waals surface area contributed by atoms with Gasteiger partial charge in [0, 0.05) is 0 Å². The fourth-order valence-corrected chi connectivity index (χ4v) is 3.37. The van der Waals surface area contributed by atoms with E-state index in [1.807, 2.05) is 19.9 Å². The molecule has 0 aliphatic carbocycles. The lowest BCUT2D eigenvalue weighted by molar-refractivity contribution is -0.132. The molecule has 136 valence electrons. The summed E-state index contributed by atoms with van der Waals surface area (Å²) in [7, 11) is 1.58. The first-order chi connectivity index (χ1) is 12.4. The Kier molecular flexibility index (Phi) is 4.68. The van der Waals surface area contributed by atoms with E-state index in [9.17, 15) is 14.0 Å². The number of halogens is 1. The van der Waals surface area contributed by atoms with Gasteiger partial charge in [-0.05, 0) is 54.3 Å². The first-order valence-corrected chi connectivity index (χ1v) is 8.45. The summed E-state index contributed by atoms with van der Waals surface area (Å²) in [5, 5.41) is 2.84. The van der Waals surface area contributed by atoms with Gasteiger partial charge in [0.1, 0.15) is 17.1 Å². The van der Waals surface area contributed by atoms with Crippen LogP contribution in [0.15, 0.2) is 42.5 Å². The summed E-state index contributed by atoms with van der Waals surface area (Å²) in [5.41, 5.74) is 1.02. The van der Waals surface area contributed by atoms with E-state index in [4.69, 9.17) is 4.74 Å². The first-order valence-electron chi connectivity index (χ1n) is 8.45. The summed E-state index contributed by atoms with van der Waals surface area (Å²) < 4.78 is 18.7. The van der Waals surface area contributed by atoms with Crippen LogP contribution in [0.1, 0.15) is 30.0 Å². The molecule has 1 aliphatic rings. The van der Waals surface area contributed by atoms with Crippen molar-refractivity contribution in [2.24, 2.45) is 0 Å². The van der Waals surface area contributed by atoms with E-state index < -0.39 is 17.4 Å². The largest absolute Gasteiger partial charge is 0.496 e. The van der Waals surface area contributed by atoms with Crippen molar-refractivity contribution in [2.75, 3.05) is 7.11 Å². The van der Waals surface area contributed by atoms with Gasteiger partial charge in [0.05, 0.1) is 13.7 Å². The van der Waals surface area contributed by atoms with Crippen LogP contribution in [-0.2, 0) is 16.9 Å². The van der Waals surface area contributed by atoms with Crippen LogP contribution in [-0.4, -0.2) is 23.9 Å². The zero-order valence-corrected chi connectivity index (χ0v) is 15.0. The summed E-state index contributed by atoms with van der Waals surface area (Å²) in [6, 6.07) is 10.9. The van der Waals surface area contributed by atoms with E-state index >= 15 is 0 Å². The SMILES string of the molecule is CCC1(c2ccc(OC)c(C)c2)NC(=O)N(Cc2cccc(F)c2)C1=O. The van der Waals surface area contributed by atoms with Crippen molar-refractivity contribution in [3.8, 4) is 5.75 Å². The van der Waals surface area contributed by atoms with Crippen LogP contribution in [0.4, 0.5) is 9.18 Å². The van der Waals surface area contributed by atoms with Gasteiger partial charge in [-0.2, -0.15) is 0 Å². The highest BCUT2D eigenvalue weighted by Gasteiger charge is 2.51. The number of ether oxygens (including phenoxy) is 1. The molecule has 0 saturated carbocycles. The smallest absolute Gasteiger partial charge is 0.325 e. The molecule has 5 nitrogen and oxygen atoms in total. The Morgan fingerprint density at radius 2 is 1.96 bits per heavy atom. The van der Waals surface area contributed by atoms with Gasteiger partial charge in [0.25, 0.3) is 5.91 Å². The molecular formula is C20H21FN2O3. The Labute approximate surface area is 151 Å². The second-order valence-electron chi connectivity index (χ2n) is 6.39. The first kappa shape index (κ1) is 17.9. The van der Waals surface area contributed by atoms with Gasteiger partial charge in [-0.1, -0.05) is 25.1 Å². The van der Waals surface area contributed by atoms with E-state index in [0.29, 0.717) is 23.3 Å². The highest BCUT2D eigenvalue weighted by Crippen LogP contribution is 2.35. The number of carbonyl (C=O) groups excluding carboxylic acids is 2.